The number of hydrogen-bond acceptors (Lipinski definition) is 3. The predicted molar refractivity (Wildman–Crippen MR) is 86.4 cm³/mol. The fourth-order valence-corrected chi connectivity index (χ4v) is 2.89. The lowest BCUT2D eigenvalue weighted by Gasteiger charge is -2.17. The van der Waals surface area contributed by atoms with Crippen LogP contribution in [0.25, 0.3) is 0 Å². The predicted octanol–water partition coefficient (Wildman–Crippen LogP) is 0.402. The molecule has 1 heterocycles. The first kappa shape index (κ1) is 17.1. The van der Waals surface area contributed by atoms with Crippen LogP contribution in [0, 0.1) is 5.82 Å². The Balaban J connectivity index is 2.02. The van der Waals surface area contributed by atoms with Gasteiger partial charge in [-0.1, -0.05) is 18.2 Å². The van der Waals surface area contributed by atoms with Gasteiger partial charge in [0.25, 0.3) is 11.8 Å². The topological polar surface area (TPSA) is 74.8 Å². The maximum Gasteiger partial charge on any atom is 0.275 e. The summed E-state index contributed by atoms with van der Waals surface area (Å²) in [5, 5.41) is 8.99. The molecule has 7 heteroatoms. The summed E-state index contributed by atoms with van der Waals surface area (Å²) in [6.07, 6.45) is 0. The number of carbonyl (C=O) groups is 2. The summed E-state index contributed by atoms with van der Waals surface area (Å²) in [5.74, 6) is -0.633. The number of amides is 2. The van der Waals surface area contributed by atoms with Crippen molar-refractivity contribution in [3.05, 3.63) is 58.0 Å². The Morgan fingerprint density at radius 3 is 2.48 bits per heavy atom. The van der Waals surface area contributed by atoms with E-state index in [1.54, 1.807) is 24.5 Å². The Labute approximate surface area is 137 Å². The third-order valence-corrected chi connectivity index (χ3v) is 4.21. The summed E-state index contributed by atoms with van der Waals surface area (Å²) in [5.41, 5.74) is 0.813. The van der Waals surface area contributed by atoms with Crippen LogP contribution < -0.4 is 16.0 Å². The third-order valence-electron chi connectivity index (χ3n) is 3.27. The van der Waals surface area contributed by atoms with Gasteiger partial charge in [-0.05, 0) is 29.1 Å². The van der Waals surface area contributed by atoms with Gasteiger partial charge in [-0.15, -0.1) is 11.3 Å². The molecule has 0 aliphatic carbocycles. The molecule has 122 valence electrons. The molecule has 0 unspecified atom stereocenters. The van der Waals surface area contributed by atoms with E-state index in [2.05, 4.69) is 10.6 Å². The standard InChI is InChI=1S/C16H18FN3O2S/c1-18-14(21)9-19-10-15(22)20-16(13-3-2-8-23-13)11-4-6-12(17)7-5-11/h2-8,16,19H,9-10H2,1H3,(H,18,21)(H,20,22)/p+1/t16-/m0/s1. The van der Waals surface area contributed by atoms with Gasteiger partial charge in [-0.25, -0.2) is 4.39 Å². The molecule has 4 N–H and O–H groups in total. The number of thiophene rings is 1. The highest BCUT2D eigenvalue weighted by molar-refractivity contribution is 7.10. The average Bonchev–Trinajstić information content (AvgIpc) is 3.07. The molecule has 0 aliphatic heterocycles. The molecule has 2 aromatic rings. The lowest BCUT2D eigenvalue weighted by molar-refractivity contribution is -0.633. The molecule has 1 aromatic heterocycles. The average molecular weight is 336 g/mol. The highest BCUT2D eigenvalue weighted by atomic mass is 32.1. The Morgan fingerprint density at radius 2 is 1.87 bits per heavy atom. The quantitative estimate of drug-likeness (QED) is 0.685. The molecule has 2 amide bonds. The van der Waals surface area contributed by atoms with Crippen LogP contribution >= 0.6 is 11.3 Å². The van der Waals surface area contributed by atoms with Gasteiger partial charge in [0.05, 0.1) is 6.04 Å². The number of halogens is 1. The van der Waals surface area contributed by atoms with Gasteiger partial charge in [0.1, 0.15) is 5.82 Å². The number of hydrogen-bond donors (Lipinski definition) is 3. The van der Waals surface area contributed by atoms with Crippen LogP contribution in [-0.4, -0.2) is 32.0 Å². The monoisotopic (exact) mass is 336 g/mol. The number of carbonyl (C=O) groups excluding carboxylic acids is 2. The Kier molecular flexibility index (Phi) is 6.25. The van der Waals surface area contributed by atoms with Gasteiger partial charge in [0.2, 0.25) is 0 Å². The van der Waals surface area contributed by atoms with Crippen molar-refractivity contribution < 1.29 is 19.3 Å². The molecule has 0 aliphatic rings. The minimum absolute atomic E-state index is 0.133. The minimum atomic E-state index is -0.323. The van der Waals surface area contributed by atoms with Crippen molar-refractivity contribution in [2.45, 2.75) is 6.04 Å². The lowest BCUT2D eigenvalue weighted by atomic mass is 10.1. The molecule has 5 nitrogen and oxygen atoms in total. The summed E-state index contributed by atoms with van der Waals surface area (Å²) in [6, 6.07) is 9.58. The molecule has 0 saturated heterocycles. The van der Waals surface area contributed by atoms with Crippen LogP contribution in [-0.2, 0) is 9.59 Å². The fourth-order valence-electron chi connectivity index (χ4n) is 2.09. The van der Waals surface area contributed by atoms with E-state index in [1.165, 1.54) is 23.5 Å². The van der Waals surface area contributed by atoms with Gasteiger partial charge >= 0.3 is 0 Å². The van der Waals surface area contributed by atoms with Gasteiger partial charge in [0.15, 0.2) is 13.1 Å². The highest BCUT2D eigenvalue weighted by Gasteiger charge is 2.18. The van der Waals surface area contributed by atoms with Crippen molar-refractivity contribution in [1.29, 1.82) is 0 Å². The highest BCUT2D eigenvalue weighted by Crippen LogP contribution is 2.26. The number of likely N-dealkylation sites (N-methyl/N-ethyl adjacent to an activating group) is 1. The Bertz CT molecular complexity index is 644. The second kappa shape index (κ2) is 8.40. The van der Waals surface area contributed by atoms with Gasteiger partial charge in [0, 0.05) is 11.9 Å². The lowest BCUT2D eigenvalue weighted by Crippen LogP contribution is -2.88. The van der Waals surface area contributed by atoms with E-state index < -0.39 is 0 Å². The second-order valence-electron chi connectivity index (χ2n) is 4.94. The van der Waals surface area contributed by atoms with Crippen molar-refractivity contribution in [1.82, 2.24) is 10.6 Å². The summed E-state index contributed by atoms with van der Waals surface area (Å²) >= 11 is 1.52. The second-order valence-corrected chi connectivity index (χ2v) is 5.92. The van der Waals surface area contributed by atoms with E-state index in [0.29, 0.717) is 0 Å². The largest absolute Gasteiger partial charge is 0.354 e. The van der Waals surface area contributed by atoms with Gasteiger partial charge in [-0.3, -0.25) is 9.59 Å². The first-order valence-corrected chi connectivity index (χ1v) is 8.08. The third kappa shape index (κ3) is 5.15. The van der Waals surface area contributed by atoms with E-state index in [9.17, 15) is 14.0 Å². The SMILES string of the molecule is CNC(=O)C[NH2+]CC(=O)N[C@@H](c1ccc(F)cc1)c1cccs1. The van der Waals surface area contributed by atoms with E-state index in [-0.39, 0.29) is 36.8 Å². The zero-order valence-corrected chi connectivity index (χ0v) is 13.5. The summed E-state index contributed by atoms with van der Waals surface area (Å²) < 4.78 is 13.1. The molecule has 0 saturated carbocycles. The molecule has 0 radical (unpaired) electrons. The minimum Gasteiger partial charge on any atom is -0.354 e. The summed E-state index contributed by atoms with van der Waals surface area (Å²) in [4.78, 5) is 24.2. The first-order chi connectivity index (χ1) is 11.1. The van der Waals surface area contributed by atoms with Crippen molar-refractivity contribution in [3.63, 3.8) is 0 Å². The smallest absolute Gasteiger partial charge is 0.275 e. The van der Waals surface area contributed by atoms with E-state index >= 15 is 0 Å². The van der Waals surface area contributed by atoms with Crippen LogP contribution in [0.3, 0.4) is 0 Å². The van der Waals surface area contributed by atoms with Crippen LogP contribution in [0.2, 0.25) is 0 Å². The molecular weight excluding hydrogens is 317 g/mol. The summed E-state index contributed by atoms with van der Waals surface area (Å²) in [7, 11) is 1.55. The number of rotatable bonds is 7. The zero-order chi connectivity index (χ0) is 16.7. The van der Waals surface area contributed by atoms with Crippen molar-refractivity contribution >= 4 is 23.2 Å². The molecule has 0 fully saturated rings. The fraction of sp³-hybridized carbons (Fsp3) is 0.250. The number of nitrogens with two attached hydrogens (primary N) is 1. The summed E-state index contributed by atoms with van der Waals surface area (Å²) in [6.45, 7) is 0.348. The van der Waals surface area contributed by atoms with Crippen LogP contribution in [0.4, 0.5) is 4.39 Å². The van der Waals surface area contributed by atoms with Crippen LogP contribution in [0.1, 0.15) is 16.5 Å². The van der Waals surface area contributed by atoms with Crippen molar-refractivity contribution in [2.24, 2.45) is 0 Å². The number of quaternary nitrogens is 1. The van der Waals surface area contributed by atoms with Gasteiger partial charge in [-0.2, -0.15) is 0 Å². The maximum absolute atomic E-state index is 13.1. The zero-order valence-electron chi connectivity index (χ0n) is 12.7. The van der Waals surface area contributed by atoms with Crippen molar-refractivity contribution in [2.75, 3.05) is 20.1 Å². The molecule has 0 spiro atoms. The van der Waals surface area contributed by atoms with E-state index in [1.807, 2.05) is 17.5 Å². The van der Waals surface area contributed by atoms with Gasteiger partial charge < -0.3 is 16.0 Å². The molecule has 23 heavy (non-hydrogen) atoms. The van der Waals surface area contributed by atoms with Crippen LogP contribution in [0.15, 0.2) is 41.8 Å². The molecule has 2 rings (SSSR count). The molecular formula is C16H19FN3O2S+. The molecule has 1 aromatic carbocycles. The maximum atomic E-state index is 13.1. The van der Waals surface area contributed by atoms with E-state index in [4.69, 9.17) is 0 Å². The first-order valence-electron chi connectivity index (χ1n) is 7.20. The van der Waals surface area contributed by atoms with E-state index in [0.717, 1.165) is 10.4 Å². The molecule has 0 bridgehead atoms. The molecule has 1 atom stereocenters. The number of nitrogens with one attached hydrogen (secondary N) is 2. The normalized spacial score (nSPS) is 11.7. The number of benzene rings is 1. The Morgan fingerprint density at radius 1 is 1.17 bits per heavy atom. The van der Waals surface area contributed by atoms with Crippen molar-refractivity contribution in [3.8, 4) is 0 Å². The van der Waals surface area contributed by atoms with Crippen LogP contribution in [0.5, 0.6) is 0 Å². The Hall–Kier alpha value is -2.25.